The maximum Gasteiger partial charge on any atom is 0.159 e. The minimum Gasteiger partial charge on any atom is -0.344 e. The first kappa shape index (κ1) is 28.7. The number of aromatic nitrogens is 1. The molecule has 2 aliphatic rings. The molecule has 1 aliphatic heterocycles. The van der Waals surface area contributed by atoms with Crippen molar-refractivity contribution in [3.8, 4) is 16.9 Å². The fraction of sp³-hybridized carbons (Fsp3) is 0.0870. The van der Waals surface area contributed by atoms with Crippen LogP contribution in [0.5, 0.6) is 0 Å². The first-order valence-corrected chi connectivity index (χ1v) is 17.3. The number of fused-ring (bicyclic) bond motifs is 10. The number of aliphatic imine (C=N–C) groups is 2. The molecule has 0 amide bonds. The lowest BCUT2D eigenvalue weighted by atomic mass is 9.80. The molecule has 10 rings (SSSR count). The van der Waals surface area contributed by atoms with Gasteiger partial charge in [0.25, 0.3) is 0 Å². The number of nitrogens with zero attached hydrogens (tertiary/aromatic N) is 3. The highest BCUT2D eigenvalue weighted by molar-refractivity contribution is 6.27. The van der Waals surface area contributed by atoms with Crippen LogP contribution in [0.15, 0.2) is 168 Å². The number of benzene rings is 7. The van der Waals surface area contributed by atoms with E-state index < -0.39 is 0 Å². The number of nitrogens with one attached hydrogen (secondary N) is 1. The van der Waals surface area contributed by atoms with Gasteiger partial charge in [-0.15, -0.1) is 0 Å². The predicted molar refractivity (Wildman–Crippen MR) is 208 cm³/mol. The van der Waals surface area contributed by atoms with Crippen LogP contribution < -0.4 is 5.32 Å². The van der Waals surface area contributed by atoms with Gasteiger partial charge in [0.1, 0.15) is 12.0 Å². The molecule has 2 heterocycles. The van der Waals surface area contributed by atoms with Gasteiger partial charge in [0.2, 0.25) is 0 Å². The van der Waals surface area contributed by atoms with E-state index in [9.17, 15) is 0 Å². The molecule has 1 aliphatic carbocycles. The Labute approximate surface area is 291 Å². The van der Waals surface area contributed by atoms with Crippen LogP contribution >= 0.6 is 0 Å². The zero-order chi connectivity index (χ0) is 33.4. The lowest BCUT2D eigenvalue weighted by Crippen LogP contribution is -2.33. The van der Waals surface area contributed by atoms with Crippen LogP contribution in [0.1, 0.15) is 47.8 Å². The van der Waals surface area contributed by atoms with Crippen LogP contribution in [0, 0.1) is 0 Å². The molecule has 8 aromatic rings. The number of hydrogen-bond donors (Lipinski definition) is 1. The molecule has 0 saturated carbocycles. The first-order chi connectivity index (χ1) is 24.6. The second-order valence-corrected chi connectivity index (χ2v) is 13.8. The highest BCUT2D eigenvalue weighted by Crippen LogP contribution is 2.56. The fourth-order valence-electron chi connectivity index (χ4n) is 8.33. The number of amidine groups is 2. The fourth-order valence-corrected chi connectivity index (χ4v) is 8.33. The summed E-state index contributed by atoms with van der Waals surface area (Å²) in [6, 6.07) is 56.3. The topological polar surface area (TPSA) is 41.7 Å². The van der Waals surface area contributed by atoms with Crippen molar-refractivity contribution in [2.45, 2.75) is 25.4 Å². The van der Waals surface area contributed by atoms with Gasteiger partial charge < -0.3 is 9.88 Å². The molecule has 0 bridgehead atoms. The van der Waals surface area contributed by atoms with Crippen LogP contribution in [-0.4, -0.2) is 16.2 Å². The van der Waals surface area contributed by atoms with E-state index in [1.807, 2.05) is 24.3 Å². The Morgan fingerprint density at radius 3 is 1.92 bits per heavy atom. The first-order valence-electron chi connectivity index (χ1n) is 17.3. The Bertz CT molecular complexity index is 2680. The molecule has 0 radical (unpaired) electrons. The molecule has 0 fully saturated rings. The highest BCUT2D eigenvalue weighted by atomic mass is 15.2. The largest absolute Gasteiger partial charge is 0.344 e. The van der Waals surface area contributed by atoms with Gasteiger partial charge in [-0.2, -0.15) is 0 Å². The van der Waals surface area contributed by atoms with Crippen LogP contribution in [0.3, 0.4) is 0 Å². The van der Waals surface area contributed by atoms with Crippen molar-refractivity contribution in [1.82, 2.24) is 9.88 Å². The highest BCUT2D eigenvalue weighted by Gasteiger charge is 2.41. The predicted octanol–water partition coefficient (Wildman–Crippen LogP) is 10.7. The van der Waals surface area contributed by atoms with E-state index >= 15 is 0 Å². The smallest absolute Gasteiger partial charge is 0.159 e. The van der Waals surface area contributed by atoms with E-state index in [1.54, 1.807) is 0 Å². The molecular formula is C46H34N4. The maximum atomic E-state index is 5.07. The van der Waals surface area contributed by atoms with Crippen molar-refractivity contribution in [3.05, 3.63) is 186 Å². The molecular weight excluding hydrogens is 609 g/mol. The lowest BCUT2D eigenvalue weighted by Gasteiger charge is -2.24. The molecule has 1 aromatic heterocycles. The quantitative estimate of drug-likeness (QED) is 0.191. The zero-order valence-electron chi connectivity index (χ0n) is 27.9. The Hall–Kier alpha value is -6.26. The van der Waals surface area contributed by atoms with Crippen LogP contribution in [0.2, 0.25) is 0 Å². The van der Waals surface area contributed by atoms with E-state index in [1.165, 1.54) is 54.8 Å². The number of rotatable bonds is 4. The van der Waals surface area contributed by atoms with Gasteiger partial charge in [-0.1, -0.05) is 147 Å². The second kappa shape index (κ2) is 10.9. The normalized spacial score (nSPS) is 16.2. The van der Waals surface area contributed by atoms with Gasteiger partial charge in [-0.3, -0.25) is 0 Å². The van der Waals surface area contributed by atoms with E-state index in [0.717, 1.165) is 34.0 Å². The van der Waals surface area contributed by atoms with Crippen molar-refractivity contribution >= 4 is 44.1 Å². The lowest BCUT2D eigenvalue weighted by molar-refractivity contribution is 0.666. The average Bonchev–Trinajstić information content (AvgIpc) is 3.66. The van der Waals surface area contributed by atoms with E-state index in [0.29, 0.717) is 0 Å². The minimum absolute atomic E-state index is 0.166. The van der Waals surface area contributed by atoms with Crippen molar-refractivity contribution < 1.29 is 0 Å². The van der Waals surface area contributed by atoms with Gasteiger partial charge in [-0.25, -0.2) is 9.98 Å². The van der Waals surface area contributed by atoms with E-state index in [2.05, 4.69) is 157 Å². The Balaban J connectivity index is 1.20. The third kappa shape index (κ3) is 4.18. The van der Waals surface area contributed by atoms with E-state index in [4.69, 9.17) is 9.98 Å². The molecule has 50 heavy (non-hydrogen) atoms. The maximum absolute atomic E-state index is 5.07. The average molecular weight is 643 g/mol. The van der Waals surface area contributed by atoms with Crippen molar-refractivity contribution in [2.24, 2.45) is 9.98 Å². The summed E-state index contributed by atoms with van der Waals surface area (Å²) in [5, 5.41) is 10.1. The van der Waals surface area contributed by atoms with Crippen LogP contribution in [0.25, 0.3) is 49.4 Å². The molecule has 0 saturated heterocycles. The summed E-state index contributed by atoms with van der Waals surface area (Å²) in [6.07, 6.45) is -0.242. The van der Waals surface area contributed by atoms with Gasteiger partial charge in [-0.05, 0) is 57.1 Å². The van der Waals surface area contributed by atoms with Gasteiger partial charge in [0.05, 0.1) is 11.2 Å². The third-order valence-corrected chi connectivity index (χ3v) is 10.6. The SMILES string of the molecule is CC1(C)c2ccccc2-c2c1c1c3ccccc3c3ccccc3c1n2-c1ccc(C2=NC(c3ccccc3)=NC(c3ccccc3)N2)cc1. The number of hydrogen-bond acceptors (Lipinski definition) is 3. The standard InChI is InChI=1S/C46H34N4/c1-46(2)38-24-14-13-23-37(38)42-40(46)39-35-21-11-9-19-33(35)34-20-10-12-22-36(34)41(39)50(42)32-27-25-31(26-28-32)45-48-43(29-15-5-3-6-16-29)47-44(49-45)30-17-7-4-8-18-30/h3-28,43H,1-2H3,(H,47,48,49). The summed E-state index contributed by atoms with van der Waals surface area (Å²) in [4.78, 5) is 10.1. The molecule has 0 spiro atoms. The molecule has 1 unspecified atom stereocenters. The van der Waals surface area contributed by atoms with E-state index in [-0.39, 0.29) is 11.6 Å². The van der Waals surface area contributed by atoms with Gasteiger partial charge in [0.15, 0.2) is 5.84 Å². The van der Waals surface area contributed by atoms with Crippen molar-refractivity contribution in [3.63, 3.8) is 0 Å². The Morgan fingerprint density at radius 1 is 0.580 bits per heavy atom. The Kier molecular flexibility index (Phi) is 6.25. The summed E-state index contributed by atoms with van der Waals surface area (Å²) in [7, 11) is 0. The second-order valence-electron chi connectivity index (χ2n) is 13.8. The summed E-state index contributed by atoms with van der Waals surface area (Å²) >= 11 is 0. The molecule has 238 valence electrons. The minimum atomic E-state index is -0.242. The third-order valence-electron chi connectivity index (χ3n) is 10.6. The van der Waals surface area contributed by atoms with Gasteiger partial charge >= 0.3 is 0 Å². The molecule has 4 nitrogen and oxygen atoms in total. The Morgan fingerprint density at radius 2 is 1.18 bits per heavy atom. The molecule has 1 atom stereocenters. The van der Waals surface area contributed by atoms with Crippen LogP contribution in [-0.2, 0) is 5.41 Å². The summed E-state index contributed by atoms with van der Waals surface area (Å²) in [5.74, 6) is 1.54. The van der Waals surface area contributed by atoms with Crippen LogP contribution in [0.4, 0.5) is 0 Å². The molecule has 7 aromatic carbocycles. The monoisotopic (exact) mass is 642 g/mol. The summed E-state index contributed by atoms with van der Waals surface area (Å²) < 4.78 is 2.52. The van der Waals surface area contributed by atoms with Crippen molar-refractivity contribution in [1.29, 1.82) is 0 Å². The molecule has 1 N–H and O–H groups in total. The summed E-state index contributed by atoms with van der Waals surface area (Å²) in [5.41, 5.74) is 10.7. The zero-order valence-corrected chi connectivity index (χ0v) is 27.9. The van der Waals surface area contributed by atoms with Gasteiger partial charge in [0, 0.05) is 38.6 Å². The van der Waals surface area contributed by atoms with Crippen molar-refractivity contribution in [2.75, 3.05) is 0 Å². The summed E-state index contributed by atoms with van der Waals surface area (Å²) in [6.45, 7) is 4.77. The molecule has 4 heteroatoms.